The van der Waals surface area contributed by atoms with Crippen molar-refractivity contribution in [2.45, 2.75) is 64.1 Å². The highest BCUT2D eigenvalue weighted by atomic mass is 16.6. The van der Waals surface area contributed by atoms with Gasteiger partial charge in [-0.2, -0.15) is 0 Å². The lowest BCUT2D eigenvalue weighted by Crippen LogP contribution is -2.47. The highest BCUT2D eigenvalue weighted by Crippen LogP contribution is 2.30. The number of rotatable bonds is 5. The molecule has 1 aromatic rings. The molecular weight excluding hydrogens is 322 g/mol. The highest BCUT2D eigenvalue weighted by Gasteiger charge is 2.42. The van der Waals surface area contributed by atoms with E-state index in [0.717, 1.165) is 17.7 Å². The van der Waals surface area contributed by atoms with Crippen molar-refractivity contribution in [2.75, 3.05) is 7.11 Å². The fraction of sp³-hybridized carbons (Fsp3) is 0.579. The molecule has 1 amide bonds. The molecule has 1 aliphatic rings. The molecule has 6 heteroatoms. The standard InChI is InChI=1S/C19H27NO5/c1-19(2,3)25-18(23)20-14(9-12-16(20)17(21)22)8-5-13-6-10-15(24-4)11-7-13/h6-7,10-11,14,16H,5,8-9,12H2,1-4H3,(H,21,22)/t14-,16-/m0/s1. The highest BCUT2D eigenvalue weighted by molar-refractivity contribution is 5.81. The zero-order chi connectivity index (χ0) is 18.6. The zero-order valence-electron chi connectivity index (χ0n) is 15.3. The van der Waals surface area contributed by atoms with E-state index in [-0.39, 0.29) is 6.04 Å². The van der Waals surface area contributed by atoms with Gasteiger partial charge in [0.25, 0.3) is 0 Å². The molecule has 0 saturated carbocycles. The number of hydrogen-bond acceptors (Lipinski definition) is 4. The summed E-state index contributed by atoms with van der Waals surface area (Å²) < 4.78 is 10.6. The van der Waals surface area contributed by atoms with Crippen LogP contribution in [0.25, 0.3) is 0 Å². The number of nitrogens with zero attached hydrogens (tertiary/aromatic N) is 1. The molecule has 138 valence electrons. The van der Waals surface area contributed by atoms with Crippen LogP contribution in [0.3, 0.4) is 0 Å². The Hall–Kier alpha value is -2.24. The smallest absolute Gasteiger partial charge is 0.411 e. The van der Waals surface area contributed by atoms with E-state index < -0.39 is 23.7 Å². The summed E-state index contributed by atoms with van der Waals surface area (Å²) >= 11 is 0. The van der Waals surface area contributed by atoms with Crippen molar-refractivity contribution in [1.29, 1.82) is 0 Å². The normalized spacial score (nSPS) is 20.4. The first kappa shape index (κ1) is 19.1. The van der Waals surface area contributed by atoms with E-state index in [1.54, 1.807) is 27.9 Å². The molecule has 2 atom stereocenters. The number of aryl methyl sites for hydroxylation is 1. The van der Waals surface area contributed by atoms with Gasteiger partial charge >= 0.3 is 12.1 Å². The van der Waals surface area contributed by atoms with Crippen LogP contribution < -0.4 is 4.74 Å². The lowest BCUT2D eigenvalue weighted by molar-refractivity contribution is -0.142. The lowest BCUT2D eigenvalue weighted by Gasteiger charge is -2.31. The number of ether oxygens (including phenoxy) is 2. The SMILES string of the molecule is COc1ccc(CC[C@H]2CC[C@@H](C(=O)O)N2C(=O)OC(C)(C)C)cc1. The molecule has 0 aliphatic carbocycles. The predicted octanol–water partition coefficient (Wildman–Crippen LogP) is 3.48. The number of hydrogen-bond donors (Lipinski definition) is 1. The molecule has 1 N–H and O–H groups in total. The number of likely N-dealkylation sites (tertiary alicyclic amines) is 1. The average molecular weight is 349 g/mol. The van der Waals surface area contributed by atoms with Crippen molar-refractivity contribution in [3.63, 3.8) is 0 Å². The molecule has 0 spiro atoms. The van der Waals surface area contributed by atoms with Gasteiger partial charge in [-0.15, -0.1) is 0 Å². The van der Waals surface area contributed by atoms with Gasteiger partial charge in [0.1, 0.15) is 17.4 Å². The molecule has 0 bridgehead atoms. The van der Waals surface area contributed by atoms with Crippen molar-refractivity contribution in [1.82, 2.24) is 4.90 Å². The van der Waals surface area contributed by atoms with E-state index in [1.807, 2.05) is 24.3 Å². The maximum atomic E-state index is 12.5. The van der Waals surface area contributed by atoms with Crippen molar-refractivity contribution >= 4 is 12.1 Å². The molecular formula is C19H27NO5. The van der Waals surface area contributed by atoms with Crippen LogP contribution in [0.15, 0.2) is 24.3 Å². The number of carboxylic acids is 1. The number of carbonyl (C=O) groups is 2. The topological polar surface area (TPSA) is 76.1 Å². The molecule has 0 radical (unpaired) electrons. The van der Waals surface area contributed by atoms with E-state index in [2.05, 4.69) is 0 Å². The van der Waals surface area contributed by atoms with Crippen LogP contribution in [0.1, 0.15) is 45.6 Å². The van der Waals surface area contributed by atoms with E-state index in [4.69, 9.17) is 9.47 Å². The number of benzene rings is 1. The number of methoxy groups -OCH3 is 1. The largest absolute Gasteiger partial charge is 0.497 e. The second-order valence-corrected chi connectivity index (χ2v) is 7.36. The molecule has 0 aromatic heterocycles. The summed E-state index contributed by atoms with van der Waals surface area (Å²) in [6.07, 6.45) is 2.06. The van der Waals surface area contributed by atoms with Crippen LogP contribution in [0.2, 0.25) is 0 Å². The fourth-order valence-corrected chi connectivity index (χ4v) is 3.13. The second-order valence-electron chi connectivity index (χ2n) is 7.36. The molecule has 6 nitrogen and oxygen atoms in total. The summed E-state index contributed by atoms with van der Waals surface area (Å²) in [7, 11) is 1.62. The summed E-state index contributed by atoms with van der Waals surface area (Å²) in [5.41, 5.74) is 0.479. The predicted molar refractivity (Wildman–Crippen MR) is 93.8 cm³/mol. The number of amides is 1. The monoisotopic (exact) mass is 349 g/mol. The molecule has 1 heterocycles. The van der Waals surface area contributed by atoms with Crippen LogP contribution in [-0.4, -0.2) is 46.9 Å². The Morgan fingerprint density at radius 3 is 2.36 bits per heavy atom. The van der Waals surface area contributed by atoms with Gasteiger partial charge in [0.05, 0.1) is 7.11 Å². The second kappa shape index (κ2) is 7.76. The zero-order valence-corrected chi connectivity index (χ0v) is 15.3. The molecule has 1 saturated heterocycles. The van der Waals surface area contributed by atoms with Gasteiger partial charge in [0.2, 0.25) is 0 Å². The van der Waals surface area contributed by atoms with Crippen LogP contribution in [0, 0.1) is 0 Å². The minimum absolute atomic E-state index is 0.127. The van der Waals surface area contributed by atoms with Gasteiger partial charge < -0.3 is 14.6 Å². The lowest BCUT2D eigenvalue weighted by atomic mass is 10.0. The van der Waals surface area contributed by atoms with Gasteiger partial charge in [-0.3, -0.25) is 4.90 Å². The first-order valence-electron chi connectivity index (χ1n) is 8.58. The first-order valence-corrected chi connectivity index (χ1v) is 8.58. The Morgan fingerprint density at radius 1 is 1.20 bits per heavy atom. The summed E-state index contributed by atoms with van der Waals surface area (Å²) in [6.45, 7) is 5.34. The van der Waals surface area contributed by atoms with E-state index in [1.165, 1.54) is 4.90 Å². The van der Waals surface area contributed by atoms with E-state index in [9.17, 15) is 14.7 Å². The Morgan fingerprint density at radius 2 is 1.84 bits per heavy atom. The molecule has 1 fully saturated rings. The number of carboxylic acid groups (broad SMARTS) is 1. The molecule has 1 aromatic carbocycles. The Balaban J connectivity index is 2.06. The third-order valence-corrected chi connectivity index (χ3v) is 4.32. The van der Waals surface area contributed by atoms with Gasteiger partial charge in [0, 0.05) is 6.04 Å². The van der Waals surface area contributed by atoms with Crippen molar-refractivity contribution in [2.24, 2.45) is 0 Å². The molecule has 0 unspecified atom stereocenters. The molecule has 25 heavy (non-hydrogen) atoms. The van der Waals surface area contributed by atoms with Crippen LogP contribution in [0.4, 0.5) is 4.79 Å². The third-order valence-electron chi connectivity index (χ3n) is 4.32. The van der Waals surface area contributed by atoms with Crippen molar-refractivity contribution < 1.29 is 24.2 Å². The molecule has 1 aliphatic heterocycles. The Labute approximate surface area is 148 Å². The van der Waals surface area contributed by atoms with Gasteiger partial charge in [-0.25, -0.2) is 9.59 Å². The quantitative estimate of drug-likeness (QED) is 0.881. The van der Waals surface area contributed by atoms with Crippen LogP contribution >= 0.6 is 0 Å². The van der Waals surface area contributed by atoms with Crippen LogP contribution in [-0.2, 0) is 16.0 Å². The van der Waals surface area contributed by atoms with Gasteiger partial charge in [0.15, 0.2) is 0 Å². The summed E-state index contributed by atoms with van der Waals surface area (Å²) in [5, 5.41) is 9.43. The number of carbonyl (C=O) groups excluding carboxylic acids is 1. The maximum absolute atomic E-state index is 12.5. The average Bonchev–Trinajstić information content (AvgIpc) is 2.96. The Kier molecular flexibility index (Phi) is 5.93. The van der Waals surface area contributed by atoms with Crippen molar-refractivity contribution in [3.05, 3.63) is 29.8 Å². The Bertz CT molecular complexity index is 605. The fourth-order valence-electron chi connectivity index (χ4n) is 3.13. The van der Waals surface area contributed by atoms with Crippen molar-refractivity contribution in [3.8, 4) is 5.75 Å². The van der Waals surface area contributed by atoms with Crippen LogP contribution in [0.5, 0.6) is 5.75 Å². The number of aliphatic carboxylic acids is 1. The first-order chi connectivity index (χ1) is 11.7. The summed E-state index contributed by atoms with van der Waals surface area (Å²) in [5.74, 6) is -0.177. The minimum Gasteiger partial charge on any atom is -0.497 e. The third kappa shape index (κ3) is 5.11. The maximum Gasteiger partial charge on any atom is 0.411 e. The summed E-state index contributed by atoms with van der Waals surface area (Å²) in [4.78, 5) is 25.4. The van der Waals surface area contributed by atoms with E-state index in [0.29, 0.717) is 19.3 Å². The van der Waals surface area contributed by atoms with E-state index >= 15 is 0 Å². The summed E-state index contributed by atoms with van der Waals surface area (Å²) in [6, 6.07) is 6.83. The molecule has 2 rings (SSSR count). The minimum atomic E-state index is -0.974. The van der Waals surface area contributed by atoms with Gasteiger partial charge in [-0.05, 0) is 64.2 Å². The van der Waals surface area contributed by atoms with Gasteiger partial charge in [-0.1, -0.05) is 12.1 Å².